The van der Waals surface area contributed by atoms with E-state index in [-0.39, 0.29) is 28.8 Å². The topological polar surface area (TPSA) is 66.8 Å². The van der Waals surface area contributed by atoms with Crippen LogP contribution in [-0.2, 0) is 0 Å². The molecular weight excluding hydrogens is 354 g/mol. The zero-order valence-electron chi connectivity index (χ0n) is 15.5. The molecule has 0 fully saturated rings. The van der Waals surface area contributed by atoms with E-state index in [1.54, 1.807) is 42.5 Å². The monoisotopic (exact) mass is 373 g/mol. The molecule has 1 heterocycles. The molecule has 0 saturated carbocycles. The number of aromatic hydroxyl groups is 1. The molecule has 1 aliphatic rings. The van der Waals surface area contributed by atoms with Crippen molar-refractivity contribution in [2.75, 3.05) is 12.0 Å². The maximum absolute atomic E-state index is 13.5. The Bertz CT molecular complexity index is 1070. The lowest BCUT2D eigenvalue weighted by Gasteiger charge is -2.25. The molecule has 0 spiro atoms. The molecule has 1 N–H and O–H groups in total. The zero-order chi connectivity index (χ0) is 19.8. The summed E-state index contributed by atoms with van der Waals surface area (Å²) in [6, 6.07) is 18.4. The standard InChI is InChI=1S/C23H19NO4/c1-14-10-12-15(13-11-14)24-20(16-6-3-4-7-17(16)23(24)27)22(26)18-8-5-9-19(28-2)21(18)25/h3-13,20,25H,1-2H3/t20-/m0/s1. The van der Waals surface area contributed by atoms with Crippen LogP contribution in [-0.4, -0.2) is 23.9 Å². The van der Waals surface area contributed by atoms with Crippen molar-refractivity contribution in [2.24, 2.45) is 0 Å². The molecule has 28 heavy (non-hydrogen) atoms. The van der Waals surface area contributed by atoms with Gasteiger partial charge in [0.1, 0.15) is 6.04 Å². The first-order chi connectivity index (χ1) is 13.5. The zero-order valence-corrected chi connectivity index (χ0v) is 15.5. The minimum absolute atomic E-state index is 0.117. The molecule has 5 nitrogen and oxygen atoms in total. The van der Waals surface area contributed by atoms with Crippen LogP contribution in [0.2, 0.25) is 0 Å². The van der Waals surface area contributed by atoms with E-state index < -0.39 is 6.04 Å². The molecule has 3 aromatic rings. The van der Waals surface area contributed by atoms with Gasteiger partial charge in [0.15, 0.2) is 17.3 Å². The Morgan fingerprint density at radius 3 is 2.43 bits per heavy atom. The number of ketones is 1. The molecule has 5 heteroatoms. The van der Waals surface area contributed by atoms with E-state index in [1.165, 1.54) is 12.0 Å². The number of para-hydroxylation sites is 1. The number of amides is 1. The van der Waals surface area contributed by atoms with E-state index >= 15 is 0 Å². The first-order valence-corrected chi connectivity index (χ1v) is 8.92. The van der Waals surface area contributed by atoms with Crippen molar-refractivity contribution < 1.29 is 19.4 Å². The van der Waals surface area contributed by atoms with E-state index in [9.17, 15) is 14.7 Å². The number of phenols is 1. The molecule has 0 saturated heterocycles. The van der Waals surface area contributed by atoms with Crippen LogP contribution in [0, 0.1) is 6.92 Å². The van der Waals surface area contributed by atoms with E-state index in [0.29, 0.717) is 16.8 Å². The first kappa shape index (κ1) is 17.8. The normalized spacial score (nSPS) is 15.4. The van der Waals surface area contributed by atoms with Gasteiger partial charge in [-0.15, -0.1) is 0 Å². The minimum atomic E-state index is -0.857. The summed E-state index contributed by atoms with van der Waals surface area (Å²) in [5.74, 6) is -0.614. The third-order valence-corrected chi connectivity index (χ3v) is 5.01. The quantitative estimate of drug-likeness (QED) is 0.693. The smallest absolute Gasteiger partial charge is 0.259 e. The number of aryl methyl sites for hydroxylation is 1. The molecule has 3 aromatic carbocycles. The van der Waals surface area contributed by atoms with Crippen LogP contribution in [0.3, 0.4) is 0 Å². The van der Waals surface area contributed by atoms with Crippen molar-refractivity contribution in [1.29, 1.82) is 0 Å². The number of anilines is 1. The summed E-state index contributed by atoms with van der Waals surface area (Å²) in [6.45, 7) is 1.96. The number of benzene rings is 3. The van der Waals surface area contributed by atoms with Gasteiger partial charge in [-0.05, 0) is 42.8 Å². The van der Waals surface area contributed by atoms with Crippen LogP contribution < -0.4 is 9.64 Å². The Kier molecular flexibility index (Phi) is 4.35. The predicted octanol–water partition coefficient (Wildman–Crippen LogP) is 4.29. The third kappa shape index (κ3) is 2.72. The first-order valence-electron chi connectivity index (χ1n) is 8.92. The number of fused-ring (bicyclic) bond motifs is 1. The molecule has 140 valence electrons. The second-order valence-corrected chi connectivity index (χ2v) is 6.72. The molecule has 1 aliphatic heterocycles. The van der Waals surface area contributed by atoms with Crippen molar-refractivity contribution in [3.63, 3.8) is 0 Å². The van der Waals surface area contributed by atoms with Crippen molar-refractivity contribution in [2.45, 2.75) is 13.0 Å². The number of carbonyl (C=O) groups is 2. The number of hydrogen-bond donors (Lipinski definition) is 1. The fraction of sp³-hybridized carbons (Fsp3) is 0.130. The fourth-order valence-corrected chi connectivity index (χ4v) is 3.58. The number of Topliss-reactive ketones (excluding diaryl/α,β-unsaturated/α-hetero) is 1. The van der Waals surface area contributed by atoms with Gasteiger partial charge in [0.2, 0.25) is 0 Å². The number of carbonyl (C=O) groups excluding carboxylic acids is 2. The van der Waals surface area contributed by atoms with Gasteiger partial charge in [0.25, 0.3) is 5.91 Å². The lowest BCUT2D eigenvalue weighted by atomic mass is 9.95. The highest BCUT2D eigenvalue weighted by Crippen LogP contribution is 2.41. The second kappa shape index (κ2) is 6.85. The number of rotatable bonds is 4. The number of hydrogen-bond acceptors (Lipinski definition) is 4. The van der Waals surface area contributed by atoms with Crippen LogP contribution in [0.25, 0.3) is 0 Å². The van der Waals surface area contributed by atoms with Crippen molar-refractivity contribution in [1.82, 2.24) is 0 Å². The molecule has 1 amide bonds. The molecule has 0 unspecified atom stereocenters. The van der Waals surface area contributed by atoms with Crippen LogP contribution in [0.15, 0.2) is 66.7 Å². The fourth-order valence-electron chi connectivity index (χ4n) is 3.58. The highest BCUT2D eigenvalue weighted by Gasteiger charge is 2.42. The summed E-state index contributed by atoms with van der Waals surface area (Å²) in [4.78, 5) is 28.1. The average Bonchev–Trinajstić information content (AvgIpc) is 3.01. The number of methoxy groups -OCH3 is 1. The van der Waals surface area contributed by atoms with Crippen LogP contribution in [0.5, 0.6) is 11.5 Å². The number of ether oxygens (including phenoxy) is 1. The molecule has 1 atom stereocenters. The Morgan fingerprint density at radius 1 is 1.00 bits per heavy atom. The van der Waals surface area contributed by atoms with Crippen LogP contribution >= 0.6 is 0 Å². The molecule has 0 bridgehead atoms. The largest absolute Gasteiger partial charge is 0.504 e. The molecule has 4 rings (SSSR count). The third-order valence-electron chi connectivity index (χ3n) is 5.01. The summed E-state index contributed by atoms with van der Waals surface area (Å²) in [6.07, 6.45) is 0. The Morgan fingerprint density at radius 2 is 1.71 bits per heavy atom. The maximum Gasteiger partial charge on any atom is 0.259 e. The van der Waals surface area contributed by atoms with Crippen molar-refractivity contribution >= 4 is 17.4 Å². The van der Waals surface area contributed by atoms with Gasteiger partial charge in [-0.3, -0.25) is 14.5 Å². The average molecular weight is 373 g/mol. The minimum Gasteiger partial charge on any atom is -0.504 e. The highest BCUT2D eigenvalue weighted by atomic mass is 16.5. The Balaban J connectivity index is 1.87. The molecule has 0 aliphatic carbocycles. The van der Waals surface area contributed by atoms with Gasteiger partial charge >= 0.3 is 0 Å². The lowest BCUT2D eigenvalue weighted by molar-refractivity contribution is 0.0914. The molecule has 0 aromatic heterocycles. The summed E-state index contributed by atoms with van der Waals surface area (Å²) >= 11 is 0. The van der Waals surface area contributed by atoms with Crippen molar-refractivity contribution in [3.8, 4) is 11.5 Å². The predicted molar refractivity (Wildman–Crippen MR) is 106 cm³/mol. The van der Waals surface area contributed by atoms with E-state index in [1.807, 2.05) is 31.2 Å². The highest BCUT2D eigenvalue weighted by molar-refractivity contribution is 6.19. The van der Waals surface area contributed by atoms with E-state index in [2.05, 4.69) is 0 Å². The van der Waals surface area contributed by atoms with Gasteiger partial charge in [0.05, 0.1) is 12.7 Å². The van der Waals surface area contributed by atoms with Crippen LogP contribution in [0.4, 0.5) is 5.69 Å². The molecule has 0 radical (unpaired) electrons. The van der Waals surface area contributed by atoms with E-state index in [4.69, 9.17) is 4.74 Å². The Hall–Kier alpha value is -3.60. The summed E-state index contributed by atoms with van der Waals surface area (Å²) in [7, 11) is 1.43. The van der Waals surface area contributed by atoms with Crippen LogP contribution in [0.1, 0.15) is 37.9 Å². The van der Waals surface area contributed by atoms with Gasteiger partial charge in [-0.25, -0.2) is 0 Å². The Labute approximate surface area is 162 Å². The second-order valence-electron chi connectivity index (χ2n) is 6.72. The maximum atomic E-state index is 13.5. The summed E-state index contributed by atoms with van der Waals surface area (Å²) < 4.78 is 5.13. The van der Waals surface area contributed by atoms with Gasteiger partial charge < -0.3 is 9.84 Å². The summed E-state index contributed by atoms with van der Waals surface area (Å²) in [5.41, 5.74) is 2.92. The lowest BCUT2D eigenvalue weighted by Crippen LogP contribution is -2.32. The molecular formula is C23H19NO4. The number of nitrogens with zero attached hydrogens (tertiary/aromatic N) is 1. The number of phenolic OH excluding ortho intramolecular Hbond substituents is 1. The summed E-state index contributed by atoms with van der Waals surface area (Å²) in [5, 5.41) is 10.5. The van der Waals surface area contributed by atoms with Gasteiger partial charge in [-0.1, -0.05) is 42.0 Å². The van der Waals surface area contributed by atoms with E-state index in [0.717, 1.165) is 5.56 Å². The van der Waals surface area contributed by atoms with Crippen molar-refractivity contribution in [3.05, 3.63) is 89.0 Å². The van der Waals surface area contributed by atoms with Gasteiger partial charge in [0, 0.05) is 11.3 Å². The SMILES string of the molecule is COc1cccc(C(=O)[C@@H]2c3ccccc3C(=O)N2c2ccc(C)cc2)c1O. The van der Waals surface area contributed by atoms with Gasteiger partial charge in [-0.2, -0.15) is 0 Å².